The molecule has 1 aromatic heterocycles. The Morgan fingerprint density at radius 2 is 1.79 bits per heavy atom. The number of likely N-dealkylation sites (N-methyl/N-ethyl adjacent to an activating group) is 1. The molecule has 5 rings (SSSR count). The molecule has 2 amide bonds. The Bertz CT molecular complexity index is 1080. The van der Waals surface area contributed by atoms with Gasteiger partial charge in [0.15, 0.2) is 5.75 Å². The van der Waals surface area contributed by atoms with Gasteiger partial charge in [-0.2, -0.15) is 0 Å². The number of benzene rings is 1. The summed E-state index contributed by atoms with van der Waals surface area (Å²) in [5.74, 6) is -1.58. The molecule has 33 heavy (non-hydrogen) atoms. The molecule has 2 aromatic rings. The number of aliphatic hydroxyl groups excluding tert-OH is 1. The van der Waals surface area contributed by atoms with Crippen molar-refractivity contribution in [3.8, 4) is 5.75 Å². The Morgan fingerprint density at radius 3 is 2.48 bits per heavy atom. The summed E-state index contributed by atoms with van der Waals surface area (Å²) >= 11 is 0. The lowest BCUT2D eigenvalue weighted by atomic mass is 9.92. The van der Waals surface area contributed by atoms with E-state index in [-0.39, 0.29) is 47.7 Å². The number of fused-ring (bicyclic) bond motifs is 3. The van der Waals surface area contributed by atoms with Crippen molar-refractivity contribution in [3.05, 3.63) is 52.6 Å². The van der Waals surface area contributed by atoms with Gasteiger partial charge in [-0.05, 0) is 37.0 Å². The summed E-state index contributed by atoms with van der Waals surface area (Å²) < 4.78 is 15.1. The number of aliphatic hydroxyl groups is 1. The maximum atomic E-state index is 13.7. The Labute approximate surface area is 191 Å². The number of halogens is 1. The zero-order valence-electron chi connectivity index (χ0n) is 18.7. The van der Waals surface area contributed by atoms with E-state index in [1.54, 1.807) is 28.6 Å². The largest absolute Gasteiger partial charge is 0.505 e. The number of nitrogens with zero attached hydrogens (tertiary/aromatic N) is 4. The van der Waals surface area contributed by atoms with Gasteiger partial charge in [0.25, 0.3) is 5.91 Å². The Kier molecular flexibility index (Phi) is 5.62. The van der Waals surface area contributed by atoms with Crippen LogP contribution in [0.25, 0.3) is 0 Å². The molecule has 3 aliphatic heterocycles. The van der Waals surface area contributed by atoms with E-state index in [0.717, 1.165) is 24.8 Å². The maximum Gasteiger partial charge on any atom is 0.274 e. The predicted molar refractivity (Wildman–Crippen MR) is 118 cm³/mol. The van der Waals surface area contributed by atoms with Crippen molar-refractivity contribution in [1.82, 2.24) is 19.3 Å². The van der Waals surface area contributed by atoms with Crippen LogP contribution in [-0.4, -0.2) is 74.5 Å². The van der Waals surface area contributed by atoms with Gasteiger partial charge >= 0.3 is 0 Å². The van der Waals surface area contributed by atoms with Crippen molar-refractivity contribution in [2.45, 2.75) is 44.5 Å². The summed E-state index contributed by atoms with van der Waals surface area (Å²) in [5.41, 5.74) is 1.69. The average molecular weight is 457 g/mol. The number of aromatic nitrogens is 1. The second-order valence-electron chi connectivity index (χ2n) is 9.24. The summed E-state index contributed by atoms with van der Waals surface area (Å²) in [5, 5.41) is 22.3. The molecule has 0 radical (unpaired) electrons. The fourth-order valence-electron chi connectivity index (χ4n) is 5.36. The molecule has 3 aliphatic rings. The quantitative estimate of drug-likeness (QED) is 0.738. The highest BCUT2D eigenvalue weighted by atomic mass is 19.1. The number of carbonyl (C=O) groups is 2. The highest BCUT2D eigenvalue weighted by Gasteiger charge is 2.45. The Hall–Kier alpha value is -2.91. The zero-order chi connectivity index (χ0) is 23.3. The first kappa shape index (κ1) is 21.9. The molecule has 1 fully saturated rings. The number of amides is 2. The van der Waals surface area contributed by atoms with Crippen molar-refractivity contribution < 1.29 is 24.2 Å². The second-order valence-corrected chi connectivity index (χ2v) is 9.24. The van der Waals surface area contributed by atoms with Gasteiger partial charge in [-0.25, -0.2) is 4.39 Å². The van der Waals surface area contributed by atoms with Gasteiger partial charge in [-0.15, -0.1) is 0 Å². The van der Waals surface area contributed by atoms with E-state index in [1.807, 2.05) is 4.90 Å². The van der Waals surface area contributed by atoms with Gasteiger partial charge in [-0.3, -0.25) is 14.5 Å². The fraction of sp³-hybridized carbons (Fsp3) is 0.500. The predicted octanol–water partition coefficient (Wildman–Crippen LogP) is 2.02. The second kappa shape index (κ2) is 8.46. The van der Waals surface area contributed by atoms with Crippen LogP contribution in [0.1, 0.15) is 58.7 Å². The number of hydrogen-bond donors (Lipinski definition) is 2. The minimum Gasteiger partial charge on any atom is -0.505 e. The van der Waals surface area contributed by atoms with Crippen LogP contribution in [0.4, 0.5) is 4.39 Å². The maximum absolute atomic E-state index is 13.7. The lowest BCUT2D eigenvalue weighted by Gasteiger charge is -2.40. The van der Waals surface area contributed by atoms with E-state index in [9.17, 15) is 24.2 Å². The molecule has 176 valence electrons. The minimum absolute atomic E-state index is 0.0429. The monoisotopic (exact) mass is 456 g/mol. The molecular formula is C24H29FN4O4. The van der Waals surface area contributed by atoms with Gasteiger partial charge in [0, 0.05) is 52.0 Å². The molecule has 0 aliphatic carbocycles. The van der Waals surface area contributed by atoms with Crippen LogP contribution in [0.15, 0.2) is 24.3 Å². The Balaban J connectivity index is 1.58. The number of hydrogen-bond acceptors (Lipinski definition) is 5. The van der Waals surface area contributed by atoms with Crippen molar-refractivity contribution in [1.29, 1.82) is 0 Å². The first-order chi connectivity index (χ1) is 15.9. The van der Waals surface area contributed by atoms with Gasteiger partial charge in [0.05, 0.1) is 11.5 Å². The summed E-state index contributed by atoms with van der Waals surface area (Å²) in [6.07, 6.45) is 1.81. The van der Waals surface area contributed by atoms with Crippen LogP contribution < -0.4 is 0 Å². The van der Waals surface area contributed by atoms with Crippen molar-refractivity contribution in [2.75, 3.05) is 33.2 Å². The van der Waals surface area contributed by atoms with Crippen molar-refractivity contribution in [3.63, 3.8) is 0 Å². The highest BCUT2D eigenvalue weighted by Crippen LogP contribution is 2.46. The zero-order valence-corrected chi connectivity index (χ0v) is 18.7. The van der Waals surface area contributed by atoms with Crippen LogP contribution in [0.5, 0.6) is 5.75 Å². The van der Waals surface area contributed by atoms with Gasteiger partial charge in [0.1, 0.15) is 17.7 Å². The number of carbonyl (C=O) groups excluding carboxylic acids is 2. The fourth-order valence-corrected chi connectivity index (χ4v) is 5.36. The number of piperidine rings is 1. The molecule has 8 nitrogen and oxygen atoms in total. The third-order valence-electron chi connectivity index (χ3n) is 7.14. The van der Waals surface area contributed by atoms with Crippen molar-refractivity contribution >= 4 is 11.8 Å². The summed E-state index contributed by atoms with van der Waals surface area (Å²) in [4.78, 5) is 31.7. The normalized spacial score (nSPS) is 23.4. The van der Waals surface area contributed by atoms with Gasteiger partial charge < -0.3 is 24.6 Å². The summed E-state index contributed by atoms with van der Waals surface area (Å²) in [7, 11) is 1.67. The van der Waals surface area contributed by atoms with Gasteiger partial charge in [0.2, 0.25) is 5.91 Å². The molecule has 2 N–H and O–H groups in total. The van der Waals surface area contributed by atoms with E-state index in [4.69, 9.17) is 0 Å². The highest BCUT2D eigenvalue weighted by molar-refractivity contribution is 5.97. The Morgan fingerprint density at radius 1 is 1.09 bits per heavy atom. The van der Waals surface area contributed by atoms with Gasteiger partial charge in [-0.1, -0.05) is 12.1 Å². The smallest absolute Gasteiger partial charge is 0.274 e. The minimum atomic E-state index is -1.19. The topological polar surface area (TPSA) is 89.2 Å². The SMILES string of the molecule is CN1CCn2c(c(O)c3c2C(C(=O)N2CCCCC2)CN(Cc2ccc(F)cc2)C3O)C1=O. The van der Waals surface area contributed by atoms with Crippen LogP contribution >= 0.6 is 0 Å². The molecule has 9 heteroatoms. The molecule has 0 saturated carbocycles. The third-order valence-corrected chi connectivity index (χ3v) is 7.14. The van der Waals surface area contributed by atoms with E-state index in [0.29, 0.717) is 31.9 Å². The van der Waals surface area contributed by atoms with E-state index in [1.165, 1.54) is 17.0 Å². The average Bonchev–Trinajstić information content (AvgIpc) is 3.13. The van der Waals surface area contributed by atoms with E-state index < -0.39 is 12.1 Å². The number of aromatic hydroxyl groups is 1. The molecule has 4 heterocycles. The summed E-state index contributed by atoms with van der Waals surface area (Å²) in [6.45, 7) is 2.81. The van der Waals surface area contributed by atoms with Crippen LogP contribution in [-0.2, 0) is 17.9 Å². The van der Waals surface area contributed by atoms with E-state index >= 15 is 0 Å². The third kappa shape index (κ3) is 3.69. The molecule has 1 aromatic carbocycles. The van der Waals surface area contributed by atoms with Crippen LogP contribution in [0.3, 0.4) is 0 Å². The lowest BCUT2D eigenvalue weighted by molar-refractivity contribution is -0.136. The molecular weight excluding hydrogens is 427 g/mol. The standard InChI is InChI=1S/C24H29FN4O4/c1-26-11-12-29-19-17(22(31)27-9-3-2-4-10-27)14-28(13-15-5-7-16(25)8-6-15)23(32)18(19)21(30)20(29)24(26)33/h5-8,17,23,30,32H,2-4,9-14H2,1H3. The molecule has 2 atom stereocenters. The van der Waals surface area contributed by atoms with Crippen LogP contribution in [0, 0.1) is 5.82 Å². The molecule has 2 unspecified atom stereocenters. The summed E-state index contributed by atoms with van der Waals surface area (Å²) in [6, 6.07) is 6.00. The lowest BCUT2D eigenvalue weighted by Crippen LogP contribution is -2.47. The number of rotatable bonds is 3. The first-order valence-corrected chi connectivity index (χ1v) is 11.5. The molecule has 0 spiro atoms. The molecule has 1 saturated heterocycles. The number of likely N-dealkylation sites (tertiary alicyclic amines) is 1. The first-order valence-electron chi connectivity index (χ1n) is 11.5. The molecule has 0 bridgehead atoms. The van der Waals surface area contributed by atoms with Crippen LogP contribution in [0.2, 0.25) is 0 Å². The van der Waals surface area contributed by atoms with E-state index in [2.05, 4.69) is 0 Å². The van der Waals surface area contributed by atoms with Crippen molar-refractivity contribution in [2.24, 2.45) is 0 Å².